The van der Waals surface area contributed by atoms with Crippen molar-refractivity contribution in [2.24, 2.45) is 0 Å². The molecule has 0 unspecified atom stereocenters. The number of hydrogen-bond acceptors (Lipinski definition) is 2. The predicted octanol–water partition coefficient (Wildman–Crippen LogP) is 3.26. The Labute approximate surface area is 104 Å². The Kier molecular flexibility index (Phi) is 4.06. The van der Waals surface area contributed by atoms with Crippen molar-refractivity contribution in [2.75, 3.05) is 11.4 Å². The molecule has 2 nitrogen and oxygen atoms in total. The molecule has 1 aromatic rings. The summed E-state index contributed by atoms with van der Waals surface area (Å²) >= 11 is 0. The van der Waals surface area contributed by atoms with Gasteiger partial charge in [-0.05, 0) is 32.8 Å². The SMILES string of the molecule is CCN(c1ccc(C)cc1CO)C1CCCC1. The number of aliphatic hydroxyl groups is 1. The highest BCUT2D eigenvalue weighted by atomic mass is 16.3. The molecule has 0 spiro atoms. The summed E-state index contributed by atoms with van der Waals surface area (Å²) < 4.78 is 0. The number of aryl methyl sites for hydroxylation is 1. The normalized spacial score (nSPS) is 16.4. The maximum Gasteiger partial charge on any atom is 0.0702 e. The van der Waals surface area contributed by atoms with E-state index in [1.165, 1.54) is 36.9 Å². The summed E-state index contributed by atoms with van der Waals surface area (Å²) in [5.74, 6) is 0. The summed E-state index contributed by atoms with van der Waals surface area (Å²) in [7, 11) is 0. The highest BCUT2D eigenvalue weighted by Crippen LogP contribution is 2.30. The van der Waals surface area contributed by atoms with Crippen LogP contribution in [0.5, 0.6) is 0 Å². The lowest BCUT2D eigenvalue weighted by Gasteiger charge is -2.31. The second-order valence-corrected chi connectivity index (χ2v) is 5.01. The van der Waals surface area contributed by atoms with E-state index >= 15 is 0 Å². The van der Waals surface area contributed by atoms with Crippen molar-refractivity contribution in [1.29, 1.82) is 0 Å². The molecule has 2 heteroatoms. The lowest BCUT2D eigenvalue weighted by molar-refractivity contribution is 0.281. The van der Waals surface area contributed by atoms with Crippen LogP contribution < -0.4 is 4.90 Å². The van der Waals surface area contributed by atoms with Crippen molar-refractivity contribution in [2.45, 2.75) is 52.2 Å². The predicted molar refractivity (Wildman–Crippen MR) is 72.4 cm³/mol. The van der Waals surface area contributed by atoms with Gasteiger partial charge in [0.2, 0.25) is 0 Å². The lowest BCUT2D eigenvalue weighted by Crippen LogP contribution is -2.33. The van der Waals surface area contributed by atoms with Crippen LogP contribution in [-0.2, 0) is 6.61 Å². The van der Waals surface area contributed by atoms with Crippen molar-refractivity contribution in [1.82, 2.24) is 0 Å². The molecular formula is C15H23NO. The summed E-state index contributed by atoms with van der Waals surface area (Å²) in [4.78, 5) is 2.47. The number of aliphatic hydroxyl groups excluding tert-OH is 1. The minimum absolute atomic E-state index is 0.139. The van der Waals surface area contributed by atoms with E-state index in [0.717, 1.165) is 12.1 Å². The number of nitrogens with zero attached hydrogens (tertiary/aromatic N) is 1. The van der Waals surface area contributed by atoms with Crippen molar-refractivity contribution < 1.29 is 5.11 Å². The zero-order valence-electron chi connectivity index (χ0n) is 10.9. The molecule has 0 aliphatic heterocycles. The van der Waals surface area contributed by atoms with Gasteiger partial charge in [0.15, 0.2) is 0 Å². The van der Waals surface area contributed by atoms with Crippen LogP contribution in [0.2, 0.25) is 0 Å². The van der Waals surface area contributed by atoms with Gasteiger partial charge in [0.05, 0.1) is 6.61 Å². The molecule has 0 bridgehead atoms. The third kappa shape index (κ3) is 2.63. The first-order valence-electron chi connectivity index (χ1n) is 6.73. The molecule has 0 saturated heterocycles. The summed E-state index contributed by atoms with van der Waals surface area (Å²) in [6, 6.07) is 7.09. The molecule has 0 heterocycles. The summed E-state index contributed by atoms with van der Waals surface area (Å²) in [5.41, 5.74) is 3.52. The largest absolute Gasteiger partial charge is 0.392 e. The van der Waals surface area contributed by atoms with E-state index in [0.29, 0.717) is 6.04 Å². The minimum atomic E-state index is 0.139. The van der Waals surface area contributed by atoms with E-state index in [-0.39, 0.29) is 6.61 Å². The van der Waals surface area contributed by atoms with Crippen LogP contribution in [0, 0.1) is 6.92 Å². The first-order chi connectivity index (χ1) is 8.26. The van der Waals surface area contributed by atoms with Gasteiger partial charge >= 0.3 is 0 Å². The van der Waals surface area contributed by atoms with Gasteiger partial charge in [0.1, 0.15) is 0 Å². The third-order valence-electron chi connectivity index (χ3n) is 3.82. The minimum Gasteiger partial charge on any atom is -0.392 e. The van der Waals surface area contributed by atoms with Crippen molar-refractivity contribution >= 4 is 5.69 Å². The molecule has 1 saturated carbocycles. The van der Waals surface area contributed by atoms with Gasteiger partial charge in [-0.15, -0.1) is 0 Å². The Morgan fingerprint density at radius 1 is 1.29 bits per heavy atom. The van der Waals surface area contributed by atoms with E-state index < -0.39 is 0 Å². The third-order valence-corrected chi connectivity index (χ3v) is 3.82. The van der Waals surface area contributed by atoms with Crippen LogP contribution in [0.15, 0.2) is 18.2 Å². The lowest BCUT2D eigenvalue weighted by atomic mass is 10.1. The average Bonchev–Trinajstić information content (AvgIpc) is 2.85. The van der Waals surface area contributed by atoms with Gasteiger partial charge in [-0.1, -0.05) is 30.5 Å². The zero-order valence-corrected chi connectivity index (χ0v) is 10.9. The molecule has 94 valence electrons. The Morgan fingerprint density at radius 2 is 2.00 bits per heavy atom. The molecule has 0 atom stereocenters. The topological polar surface area (TPSA) is 23.5 Å². The van der Waals surface area contributed by atoms with Crippen LogP contribution in [0.25, 0.3) is 0 Å². The zero-order chi connectivity index (χ0) is 12.3. The maximum atomic E-state index is 9.50. The van der Waals surface area contributed by atoms with Crippen LogP contribution in [0.1, 0.15) is 43.7 Å². The van der Waals surface area contributed by atoms with E-state index in [2.05, 4.69) is 36.9 Å². The molecule has 2 rings (SSSR count). The summed E-state index contributed by atoms with van der Waals surface area (Å²) in [6.07, 6.45) is 5.29. The van der Waals surface area contributed by atoms with Crippen LogP contribution >= 0.6 is 0 Å². The fraction of sp³-hybridized carbons (Fsp3) is 0.600. The Balaban J connectivity index is 2.29. The quantitative estimate of drug-likeness (QED) is 0.863. The molecule has 1 aliphatic carbocycles. The Bertz CT molecular complexity index is 369. The molecule has 1 aliphatic rings. The van der Waals surface area contributed by atoms with Crippen molar-refractivity contribution in [3.63, 3.8) is 0 Å². The molecule has 1 fully saturated rings. The summed E-state index contributed by atoms with van der Waals surface area (Å²) in [5, 5.41) is 9.50. The fourth-order valence-corrected chi connectivity index (χ4v) is 2.96. The summed E-state index contributed by atoms with van der Waals surface area (Å²) in [6.45, 7) is 5.45. The first-order valence-corrected chi connectivity index (χ1v) is 6.73. The molecule has 0 radical (unpaired) electrons. The Hall–Kier alpha value is -1.02. The molecule has 0 aromatic heterocycles. The second kappa shape index (κ2) is 5.54. The van der Waals surface area contributed by atoms with Crippen LogP contribution in [0.4, 0.5) is 5.69 Å². The van der Waals surface area contributed by atoms with Gasteiger partial charge in [0, 0.05) is 23.8 Å². The number of rotatable bonds is 4. The van der Waals surface area contributed by atoms with E-state index in [1.54, 1.807) is 0 Å². The first kappa shape index (κ1) is 12.4. The maximum absolute atomic E-state index is 9.50. The van der Waals surface area contributed by atoms with Gasteiger partial charge in [0.25, 0.3) is 0 Å². The van der Waals surface area contributed by atoms with Gasteiger partial charge in [-0.25, -0.2) is 0 Å². The van der Waals surface area contributed by atoms with Gasteiger partial charge in [-0.3, -0.25) is 0 Å². The number of benzene rings is 1. The van der Waals surface area contributed by atoms with E-state index in [1.807, 2.05) is 0 Å². The van der Waals surface area contributed by atoms with Crippen LogP contribution in [0.3, 0.4) is 0 Å². The standard InChI is InChI=1S/C15H23NO/c1-3-16(14-6-4-5-7-14)15-9-8-12(2)10-13(15)11-17/h8-10,14,17H,3-7,11H2,1-2H3. The molecule has 1 aromatic carbocycles. The van der Waals surface area contributed by atoms with Crippen LogP contribution in [-0.4, -0.2) is 17.7 Å². The van der Waals surface area contributed by atoms with Crippen molar-refractivity contribution in [3.05, 3.63) is 29.3 Å². The van der Waals surface area contributed by atoms with E-state index in [9.17, 15) is 5.11 Å². The molecule has 1 N–H and O–H groups in total. The van der Waals surface area contributed by atoms with Crippen molar-refractivity contribution in [3.8, 4) is 0 Å². The molecular weight excluding hydrogens is 210 g/mol. The smallest absolute Gasteiger partial charge is 0.0702 e. The fourth-order valence-electron chi connectivity index (χ4n) is 2.96. The highest BCUT2D eigenvalue weighted by Gasteiger charge is 2.23. The van der Waals surface area contributed by atoms with E-state index in [4.69, 9.17) is 0 Å². The monoisotopic (exact) mass is 233 g/mol. The van der Waals surface area contributed by atoms with Gasteiger partial charge < -0.3 is 10.0 Å². The second-order valence-electron chi connectivity index (χ2n) is 5.01. The molecule has 17 heavy (non-hydrogen) atoms. The van der Waals surface area contributed by atoms with Gasteiger partial charge in [-0.2, -0.15) is 0 Å². The average molecular weight is 233 g/mol. The Morgan fingerprint density at radius 3 is 2.59 bits per heavy atom. The highest BCUT2D eigenvalue weighted by molar-refractivity contribution is 5.55. The number of anilines is 1. The molecule has 0 amide bonds. The number of hydrogen-bond donors (Lipinski definition) is 1.